The predicted molar refractivity (Wildman–Crippen MR) is 77.2 cm³/mol. The second kappa shape index (κ2) is 6.39. The number of hydrogen-bond acceptors (Lipinski definition) is 4. The Kier molecular flexibility index (Phi) is 4.81. The van der Waals surface area contributed by atoms with Gasteiger partial charge in [-0.15, -0.1) is 0 Å². The molecule has 5 nitrogen and oxygen atoms in total. The van der Waals surface area contributed by atoms with Gasteiger partial charge in [0.15, 0.2) is 0 Å². The Bertz CT molecular complexity index is 444. The lowest BCUT2D eigenvalue weighted by atomic mass is 9.74. The number of piperidine rings is 1. The number of nitrogens with zero attached hydrogens (tertiary/aromatic N) is 1. The lowest BCUT2D eigenvalue weighted by molar-refractivity contribution is -0.134. The van der Waals surface area contributed by atoms with Crippen molar-refractivity contribution < 1.29 is 9.21 Å². The smallest absolute Gasteiger partial charge is 0.226 e. The number of rotatable bonds is 5. The van der Waals surface area contributed by atoms with Crippen molar-refractivity contribution >= 4 is 5.91 Å². The van der Waals surface area contributed by atoms with Crippen LogP contribution in [0, 0.1) is 12.3 Å². The average molecular weight is 279 g/mol. The molecule has 1 saturated heterocycles. The molecule has 1 unspecified atom stereocenters. The summed E-state index contributed by atoms with van der Waals surface area (Å²) in [5, 5.41) is 6.41. The second-order valence-electron chi connectivity index (χ2n) is 5.78. The Morgan fingerprint density at radius 2 is 2.25 bits per heavy atom. The second-order valence-corrected chi connectivity index (χ2v) is 5.78. The van der Waals surface area contributed by atoms with Crippen molar-refractivity contribution in [3.8, 4) is 0 Å². The van der Waals surface area contributed by atoms with Crippen molar-refractivity contribution in [2.75, 3.05) is 13.1 Å². The highest BCUT2D eigenvalue weighted by Gasteiger charge is 2.39. The summed E-state index contributed by atoms with van der Waals surface area (Å²) < 4.78 is 5.49. The minimum absolute atomic E-state index is 0.143. The molecule has 1 amide bonds. The maximum absolute atomic E-state index is 12.7. The summed E-state index contributed by atoms with van der Waals surface area (Å²) in [7, 11) is 0. The molecule has 112 valence electrons. The average Bonchev–Trinajstić information content (AvgIpc) is 2.87. The van der Waals surface area contributed by atoms with Crippen molar-refractivity contribution in [2.24, 2.45) is 5.41 Å². The maximum atomic E-state index is 12.7. The molecule has 2 rings (SSSR count). The van der Waals surface area contributed by atoms with Gasteiger partial charge in [-0.3, -0.25) is 4.79 Å². The molecule has 1 aromatic heterocycles. The van der Waals surface area contributed by atoms with Gasteiger partial charge in [0.25, 0.3) is 0 Å². The Morgan fingerprint density at radius 1 is 1.55 bits per heavy atom. The van der Waals surface area contributed by atoms with E-state index in [0.29, 0.717) is 5.89 Å². The van der Waals surface area contributed by atoms with Crippen LogP contribution in [0.1, 0.15) is 57.2 Å². The van der Waals surface area contributed by atoms with Gasteiger partial charge < -0.3 is 15.1 Å². The quantitative estimate of drug-likeness (QED) is 0.868. The standard InChI is InChI=1S/C15H25N3O2/c1-4-5-15(6-8-16-9-7-15)14(19)18-12(3)13-17-10-11(2)20-13/h10,12,16H,4-9H2,1-3H3,(H,18,19). The Labute approximate surface area is 120 Å². The molecule has 2 heterocycles. The van der Waals surface area contributed by atoms with E-state index in [1.165, 1.54) is 0 Å². The molecule has 0 saturated carbocycles. The number of amides is 1. The molecule has 20 heavy (non-hydrogen) atoms. The largest absolute Gasteiger partial charge is 0.444 e. The molecule has 0 aliphatic carbocycles. The van der Waals surface area contributed by atoms with Crippen molar-refractivity contribution in [1.82, 2.24) is 15.6 Å². The van der Waals surface area contributed by atoms with Crippen molar-refractivity contribution in [3.63, 3.8) is 0 Å². The molecule has 1 aliphatic heterocycles. The Hall–Kier alpha value is -1.36. The van der Waals surface area contributed by atoms with Crippen LogP contribution in [0.2, 0.25) is 0 Å². The Morgan fingerprint density at radius 3 is 2.80 bits per heavy atom. The summed E-state index contributed by atoms with van der Waals surface area (Å²) in [6.45, 7) is 7.75. The highest BCUT2D eigenvalue weighted by molar-refractivity contribution is 5.83. The molecule has 5 heteroatoms. The number of carbonyl (C=O) groups excluding carboxylic acids is 1. The lowest BCUT2D eigenvalue weighted by Crippen LogP contribution is -2.48. The van der Waals surface area contributed by atoms with E-state index >= 15 is 0 Å². The number of hydrogen-bond donors (Lipinski definition) is 2. The number of oxazole rings is 1. The van der Waals surface area contributed by atoms with Crippen LogP contribution in [-0.4, -0.2) is 24.0 Å². The number of carbonyl (C=O) groups is 1. The molecule has 1 aromatic rings. The van der Waals surface area contributed by atoms with Crippen LogP contribution in [0.15, 0.2) is 10.6 Å². The highest BCUT2D eigenvalue weighted by Crippen LogP contribution is 2.35. The molecule has 2 N–H and O–H groups in total. The Balaban J connectivity index is 2.04. The monoisotopic (exact) mass is 279 g/mol. The van der Waals surface area contributed by atoms with E-state index in [1.54, 1.807) is 6.20 Å². The van der Waals surface area contributed by atoms with E-state index in [1.807, 2.05) is 13.8 Å². The van der Waals surface area contributed by atoms with E-state index < -0.39 is 0 Å². The van der Waals surface area contributed by atoms with Crippen LogP contribution >= 0.6 is 0 Å². The SMILES string of the molecule is CCCC1(C(=O)NC(C)c2ncc(C)o2)CCNCC1. The summed E-state index contributed by atoms with van der Waals surface area (Å²) in [5.74, 6) is 1.49. The molecular formula is C15H25N3O2. The van der Waals surface area contributed by atoms with Crippen molar-refractivity contribution in [2.45, 2.75) is 52.5 Å². The van der Waals surface area contributed by atoms with Crippen LogP contribution in [0.25, 0.3) is 0 Å². The minimum atomic E-state index is -0.226. The van der Waals surface area contributed by atoms with Gasteiger partial charge in [0.05, 0.1) is 11.6 Å². The maximum Gasteiger partial charge on any atom is 0.226 e. The first-order chi connectivity index (χ1) is 9.57. The minimum Gasteiger partial charge on any atom is -0.444 e. The van der Waals surface area contributed by atoms with E-state index in [4.69, 9.17) is 4.42 Å². The third-order valence-corrected chi connectivity index (χ3v) is 4.13. The third kappa shape index (κ3) is 3.20. The molecular weight excluding hydrogens is 254 g/mol. The van der Waals surface area contributed by atoms with E-state index in [2.05, 4.69) is 22.5 Å². The van der Waals surface area contributed by atoms with Gasteiger partial charge in [-0.2, -0.15) is 0 Å². The fourth-order valence-corrected chi connectivity index (χ4v) is 2.96. The third-order valence-electron chi connectivity index (χ3n) is 4.13. The van der Waals surface area contributed by atoms with E-state index in [9.17, 15) is 4.79 Å². The van der Waals surface area contributed by atoms with Gasteiger partial charge in [-0.05, 0) is 46.2 Å². The van der Waals surface area contributed by atoms with Gasteiger partial charge in [-0.25, -0.2) is 4.98 Å². The zero-order valence-corrected chi connectivity index (χ0v) is 12.7. The van der Waals surface area contributed by atoms with Crippen molar-refractivity contribution in [3.05, 3.63) is 17.8 Å². The van der Waals surface area contributed by atoms with Crippen LogP contribution < -0.4 is 10.6 Å². The van der Waals surface area contributed by atoms with Crippen LogP contribution in [0.5, 0.6) is 0 Å². The lowest BCUT2D eigenvalue weighted by Gasteiger charge is -2.36. The normalized spacial score (nSPS) is 19.6. The first-order valence-electron chi connectivity index (χ1n) is 7.51. The fraction of sp³-hybridized carbons (Fsp3) is 0.733. The summed E-state index contributed by atoms with van der Waals surface area (Å²) in [6, 6.07) is -0.181. The van der Waals surface area contributed by atoms with Crippen LogP contribution in [0.4, 0.5) is 0 Å². The van der Waals surface area contributed by atoms with Crippen LogP contribution in [0.3, 0.4) is 0 Å². The molecule has 0 spiro atoms. The van der Waals surface area contributed by atoms with Gasteiger partial charge in [-0.1, -0.05) is 13.3 Å². The number of aromatic nitrogens is 1. The summed E-state index contributed by atoms with van der Waals surface area (Å²) in [6.07, 6.45) is 5.47. The number of nitrogens with one attached hydrogen (secondary N) is 2. The van der Waals surface area contributed by atoms with E-state index in [0.717, 1.165) is 44.5 Å². The molecule has 1 aliphatic rings. The number of aryl methyl sites for hydroxylation is 1. The molecule has 0 aromatic carbocycles. The topological polar surface area (TPSA) is 67.2 Å². The first kappa shape index (κ1) is 15.0. The molecule has 0 bridgehead atoms. The molecule has 0 radical (unpaired) electrons. The summed E-state index contributed by atoms with van der Waals surface area (Å²) >= 11 is 0. The fourth-order valence-electron chi connectivity index (χ4n) is 2.96. The molecule has 1 atom stereocenters. The zero-order valence-electron chi connectivity index (χ0n) is 12.7. The van der Waals surface area contributed by atoms with Gasteiger partial charge >= 0.3 is 0 Å². The summed E-state index contributed by atoms with van der Waals surface area (Å²) in [4.78, 5) is 16.9. The van der Waals surface area contributed by atoms with Gasteiger partial charge in [0.1, 0.15) is 11.8 Å². The van der Waals surface area contributed by atoms with Gasteiger partial charge in [0.2, 0.25) is 11.8 Å². The molecule has 1 fully saturated rings. The van der Waals surface area contributed by atoms with Crippen molar-refractivity contribution in [1.29, 1.82) is 0 Å². The van der Waals surface area contributed by atoms with Gasteiger partial charge in [0, 0.05) is 0 Å². The highest BCUT2D eigenvalue weighted by atomic mass is 16.4. The van der Waals surface area contributed by atoms with E-state index in [-0.39, 0.29) is 17.4 Å². The summed E-state index contributed by atoms with van der Waals surface area (Å²) in [5.41, 5.74) is -0.226. The first-order valence-corrected chi connectivity index (χ1v) is 7.51. The van der Waals surface area contributed by atoms with Crippen LogP contribution in [-0.2, 0) is 4.79 Å². The zero-order chi connectivity index (χ0) is 14.6. The predicted octanol–water partition coefficient (Wildman–Crippen LogP) is 2.33.